The number of ketones is 1. The molecule has 7 rings (SSSR count). The number of hydrogen-bond acceptors (Lipinski definition) is 6. The Kier molecular flexibility index (Phi) is 9.17. The van der Waals surface area contributed by atoms with Gasteiger partial charge in [0, 0.05) is 29.5 Å². The Hall–Kier alpha value is -3.42. The van der Waals surface area contributed by atoms with Crippen LogP contribution in [0.4, 0.5) is 0 Å². The number of aryl methyl sites for hydroxylation is 1. The van der Waals surface area contributed by atoms with Crippen molar-refractivity contribution in [3.8, 4) is 0 Å². The van der Waals surface area contributed by atoms with Gasteiger partial charge < -0.3 is 19.1 Å². The summed E-state index contributed by atoms with van der Waals surface area (Å²) in [5, 5.41) is 10.4. The number of carbonyl (C=O) groups excluding carboxylic acids is 3. The summed E-state index contributed by atoms with van der Waals surface area (Å²) >= 11 is 0. The predicted molar refractivity (Wildman–Crippen MR) is 204 cm³/mol. The fourth-order valence-corrected chi connectivity index (χ4v) is 13.1. The van der Waals surface area contributed by atoms with Crippen LogP contribution in [0.2, 0.25) is 0 Å². The van der Waals surface area contributed by atoms with Crippen molar-refractivity contribution >= 4 is 34.6 Å². The quantitative estimate of drug-likeness (QED) is 0.270. The first-order valence-electron chi connectivity index (χ1n) is 20.2. The van der Waals surface area contributed by atoms with Crippen molar-refractivity contribution < 1.29 is 33.8 Å². The number of benzene rings is 1. The molecule has 1 heterocycles. The van der Waals surface area contributed by atoms with E-state index in [0.717, 1.165) is 68.0 Å². The number of aromatic nitrogens is 1. The Labute approximate surface area is 315 Å². The number of carboxylic acid groups (broad SMARTS) is 1. The molecule has 8 nitrogen and oxygen atoms in total. The van der Waals surface area contributed by atoms with E-state index in [9.17, 15) is 24.3 Å². The molecule has 53 heavy (non-hydrogen) atoms. The predicted octanol–water partition coefficient (Wildman–Crippen LogP) is 9.11. The topological polar surface area (TPSA) is 112 Å². The zero-order valence-electron chi connectivity index (χ0n) is 33.3. The van der Waals surface area contributed by atoms with Crippen LogP contribution in [0.15, 0.2) is 42.0 Å². The zero-order valence-corrected chi connectivity index (χ0v) is 33.3. The first-order chi connectivity index (χ1) is 24.8. The number of esters is 2. The first-order valence-corrected chi connectivity index (χ1v) is 20.2. The van der Waals surface area contributed by atoms with Crippen LogP contribution in [0, 0.1) is 50.2 Å². The van der Waals surface area contributed by atoms with Crippen molar-refractivity contribution in [3.05, 3.63) is 47.7 Å². The van der Waals surface area contributed by atoms with E-state index in [-0.39, 0.29) is 81.7 Å². The molecule has 0 amide bonds. The Morgan fingerprint density at radius 1 is 0.925 bits per heavy atom. The fraction of sp³-hybridized carbons (Fsp3) is 0.689. The molecule has 9 atom stereocenters. The van der Waals surface area contributed by atoms with Gasteiger partial charge in [-0.2, -0.15) is 0 Å². The minimum Gasteiger partial charge on any atom is -0.481 e. The molecule has 4 fully saturated rings. The lowest BCUT2D eigenvalue weighted by Crippen LogP contribution is -2.66. The molecule has 1 aromatic carbocycles. The number of rotatable bonds is 8. The van der Waals surface area contributed by atoms with Gasteiger partial charge in [0.1, 0.15) is 12.7 Å². The first kappa shape index (κ1) is 37.9. The van der Waals surface area contributed by atoms with Gasteiger partial charge in [0.2, 0.25) is 0 Å². The van der Waals surface area contributed by atoms with Gasteiger partial charge >= 0.3 is 17.9 Å². The average molecular weight is 728 g/mol. The second kappa shape index (κ2) is 12.8. The van der Waals surface area contributed by atoms with Gasteiger partial charge in [0.25, 0.3) is 0 Å². The SMILES string of the molecule is CC(=O)O[C@H]1CC[C@]2(C)[C@H]3C(=O)C=C4[C@@H]5C[C@@](C)(C(=O)OCCn6c(CCC(=O)O)cc7ccccc76)CC[C@]5(C)CC[C@@]4(C)[C@]3(C)CC[C@H]2C1(C)C. The van der Waals surface area contributed by atoms with E-state index < -0.39 is 11.4 Å². The fourth-order valence-electron chi connectivity index (χ4n) is 13.1. The molecule has 1 N–H and O–H groups in total. The molecule has 0 radical (unpaired) electrons. The Balaban J connectivity index is 1.13. The van der Waals surface area contributed by atoms with Gasteiger partial charge in [-0.05, 0) is 128 Å². The van der Waals surface area contributed by atoms with E-state index in [1.807, 2.05) is 30.3 Å². The maximum absolute atomic E-state index is 14.8. The number of aliphatic carboxylic acids is 1. The molecule has 2 aromatic rings. The summed E-state index contributed by atoms with van der Waals surface area (Å²) in [6.07, 6.45) is 10.4. The van der Waals surface area contributed by atoms with Crippen molar-refractivity contribution in [3.63, 3.8) is 0 Å². The number of fused-ring (bicyclic) bond motifs is 8. The van der Waals surface area contributed by atoms with Crippen LogP contribution in [0.1, 0.15) is 125 Å². The molecule has 4 saturated carbocycles. The van der Waals surface area contributed by atoms with Gasteiger partial charge in [-0.1, -0.05) is 65.3 Å². The standard InChI is InChI=1S/C45H61NO7/c1-28(47)53-36-16-17-43(6)35(40(36,2)3)15-18-45(8)38(43)34(48)26-31-32-27-42(5,20-19-41(32,4)21-22-44(31,45)7)39(51)52-24-23-46-30(13-14-37(49)50)25-29-11-9-10-12-33(29)46/h9-12,25-26,32,35-36,38H,13-24,27H2,1-8H3,(H,49,50)/t32-,35-,36-,38+,41+,42-,43-,44+,45+/m0/s1. The Bertz CT molecular complexity index is 1870. The van der Waals surface area contributed by atoms with Crippen molar-refractivity contribution in [1.82, 2.24) is 4.57 Å². The minimum atomic E-state index is -0.835. The molecule has 0 spiro atoms. The normalized spacial score (nSPS) is 38.8. The van der Waals surface area contributed by atoms with E-state index in [2.05, 4.69) is 59.1 Å². The maximum Gasteiger partial charge on any atom is 0.311 e. The number of allylic oxidation sites excluding steroid dienone is 2. The van der Waals surface area contributed by atoms with Gasteiger partial charge in [0.15, 0.2) is 5.78 Å². The van der Waals surface area contributed by atoms with Crippen LogP contribution in [0.25, 0.3) is 10.9 Å². The Morgan fingerprint density at radius 2 is 1.64 bits per heavy atom. The summed E-state index contributed by atoms with van der Waals surface area (Å²) in [5.74, 6) is -0.702. The molecule has 0 unspecified atom stereocenters. The number of hydrogen-bond donors (Lipinski definition) is 1. The molecule has 1 aromatic heterocycles. The number of nitrogens with zero attached hydrogens (tertiary/aromatic N) is 1. The zero-order chi connectivity index (χ0) is 38.4. The third-order valence-corrected chi connectivity index (χ3v) is 16.4. The van der Waals surface area contributed by atoms with E-state index in [0.29, 0.717) is 19.4 Å². The highest BCUT2D eigenvalue weighted by molar-refractivity contribution is 5.96. The summed E-state index contributed by atoms with van der Waals surface area (Å²) < 4.78 is 14.1. The molecule has 8 heteroatoms. The van der Waals surface area contributed by atoms with Gasteiger partial charge in [-0.25, -0.2) is 0 Å². The third kappa shape index (κ3) is 5.82. The van der Waals surface area contributed by atoms with Gasteiger partial charge in [-0.15, -0.1) is 0 Å². The minimum absolute atomic E-state index is 0.0168. The summed E-state index contributed by atoms with van der Waals surface area (Å²) in [5.41, 5.74) is 1.76. The summed E-state index contributed by atoms with van der Waals surface area (Å²) in [6, 6.07) is 10.0. The van der Waals surface area contributed by atoms with Crippen molar-refractivity contribution in [2.24, 2.45) is 50.2 Å². The number of para-hydroxylation sites is 1. The third-order valence-electron chi connectivity index (χ3n) is 16.4. The van der Waals surface area contributed by atoms with Crippen LogP contribution in [0.5, 0.6) is 0 Å². The van der Waals surface area contributed by atoms with E-state index in [4.69, 9.17) is 9.47 Å². The summed E-state index contributed by atoms with van der Waals surface area (Å²) in [7, 11) is 0. The highest BCUT2D eigenvalue weighted by atomic mass is 16.5. The molecule has 288 valence electrons. The number of carbonyl (C=O) groups is 4. The second-order valence-electron chi connectivity index (χ2n) is 19.6. The molecule has 0 bridgehead atoms. The molecule has 5 aliphatic rings. The Morgan fingerprint density at radius 3 is 2.36 bits per heavy atom. The highest BCUT2D eigenvalue weighted by Gasteiger charge is 2.70. The van der Waals surface area contributed by atoms with Crippen LogP contribution < -0.4 is 0 Å². The summed E-state index contributed by atoms with van der Waals surface area (Å²) in [6.45, 7) is 18.3. The number of carboxylic acids is 1. The average Bonchev–Trinajstić information content (AvgIpc) is 3.44. The smallest absolute Gasteiger partial charge is 0.311 e. The van der Waals surface area contributed by atoms with Crippen molar-refractivity contribution in [1.29, 1.82) is 0 Å². The van der Waals surface area contributed by atoms with E-state index >= 15 is 0 Å². The largest absolute Gasteiger partial charge is 0.481 e. The van der Waals surface area contributed by atoms with Crippen molar-refractivity contribution in [2.45, 2.75) is 139 Å². The monoisotopic (exact) mass is 727 g/mol. The molecular formula is C45H61NO7. The van der Waals surface area contributed by atoms with Crippen LogP contribution in [0.3, 0.4) is 0 Å². The highest BCUT2D eigenvalue weighted by Crippen LogP contribution is 2.75. The van der Waals surface area contributed by atoms with E-state index in [1.165, 1.54) is 12.5 Å². The summed E-state index contributed by atoms with van der Waals surface area (Å²) in [4.78, 5) is 52.4. The number of ether oxygens (including phenoxy) is 2. The lowest BCUT2D eigenvalue weighted by Gasteiger charge is -2.70. The van der Waals surface area contributed by atoms with Crippen LogP contribution >= 0.6 is 0 Å². The van der Waals surface area contributed by atoms with E-state index in [1.54, 1.807) is 0 Å². The second-order valence-corrected chi connectivity index (χ2v) is 19.6. The molecule has 5 aliphatic carbocycles. The molecule has 0 saturated heterocycles. The van der Waals surface area contributed by atoms with Crippen LogP contribution in [-0.4, -0.2) is 46.1 Å². The van der Waals surface area contributed by atoms with Gasteiger partial charge in [0.05, 0.1) is 18.4 Å². The van der Waals surface area contributed by atoms with Crippen molar-refractivity contribution in [2.75, 3.05) is 6.61 Å². The molecule has 0 aliphatic heterocycles. The molecular weight excluding hydrogens is 666 g/mol. The maximum atomic E-state index is 14.8. The van der Waals surface area contributed by atoms with Crippen LogP contribution in [-0.2, 0) is 41.6 Å². The van der Waals surface area contributed by atoms with Gasteiger partial charge in [-0.3, -0.25) is 19.2 Å². The lowest BCUT2D eigenvalue weighted by molar-refractivity contribution is -0.210. The lowest BCUT2D eigenvalue weighted by atomic mass is 9.33.